The first-order valence-electron chi connectivity index (χ1n) is 7.60. The van der Waals surface area contributed by atoms with E-state index in [4.69, 9.17) is 0 Å². The van der Waals surface area contributed by atoms with Gasteiger partial charge in [0.25, 0.3) is 0 Å². The van der Waals surface area contributed by atoms with Crippen LogP contribution in [0.5, 0.6) is 0 Å². The molecule has 1 unspecified atom stereocenters. The largest absolute Gasteiger partial charge is 0.382 e. The standard InChI is InChI=1S/C19H15N3OS/c23-18(14-6-5-11-20-12-14)17-10-4-7-15-13-21-19(22(15)17)24-16-8-2-1-3-9-16/h1-13,18,23H. The van der Waals surface area contributed by atoms with E-state index in [1.807, 2.05) is 71.3 Å². The highest BCUT2D eigenvalue weighted by Gasteiger charge is 2.17. The van der Waals surface area contributed by atoms with Gasteiger partial charge < -0.3 is 5.11 Å². The second kappa shape index (κ2) is 6.47. The van der Waals surface area contributed by atoms with Crippen molar-refractivity contribution >= 4 is 17.3 Å². The molecule has 3 aromatic heterocycles. The van der Waals surface area contributed by atoms with Crippen LogP contribution in [0.1, 0.15) is 17.4 Å². The molecule has 0 radical (unpaired) electrons. The normalized spacial score (nSPS) is 12.4. The van der Waals surface area contributed by atoms with Crippen LogP contribution in [0.2, 0.25) is 0 Å². The van der Waals surface area contributed by atoms with Gasteiger partial charge in [0.1, 0.15) is 6.10 Å². The third-order valence-electron chi connectivity index (χ3n) is 3.78. The maximum atomic E-state index is 10.8. The van der Waals surface area contributed by atoms with Gasteiger partial charge in [-0.2, -0.15) is 0 Å². The van der Waals surface area contributed by atoms with Gasteiger partial charge in [-0.25, -0.2) is 4.98 Å². The lowest BCUT2D eigenvalue weighted by atomic mass is 10.1. The molecule has 24 heavy (non-hydrogen) atoms. The molecule has 0 aliphatic heterocycles. The number of rotatable bonds is 4. The molecule has 3 heterocycles. The van der Waals surface area contributed by atoms with E-state index in [0.29, 0.717) is 0 Å². The zero-order valence-electron chi connectivity index (χ0n) is 12.8. The quantitative estimate of drug-likeness (QED) is 0.614. The van der Waals surface area contributed by atoms with E-state index in [9.17, 15) is 5.11 Å². The molecule has 1 N–H and O–H groups in total. The van der Waals surface area contributed by atoms with Crippen molar-refractivity contribution in [2.45, 2.75) is 16.2 Å². The maximum Gasteiger partial charge on any atom is 0.177 e. The highest BCUT2D eigenvalue weighted by atomic mass is 32.2. The summed E-state index contributed by atoms with van der Waals surface area (Å²) >= 11 is 1.58. The summed E-state index contributed by atoms with van der Waals surface area (Å²) in [6, 6.07) is 19.6. The fourth-order valence-corrected chi connectivity index (χ4v) is 3.54. The lowest BCUT2D eigenvalue weighted by Crippen LogP contribution is -2.07. The van der Waals surface area contributed by atoms with Crippen LogP contribution >= 0.6 is 11.8 Å². The Morgan fingerprint density at radius 2 is 1.79 bits per heavy atom. The Kier molecular flexibility index (Phi) is 4.02. The van der Waals surface area contributed by atoms with Crippen LogP contribution < -0.4 is 0 Å². The molecule has 1 aromatic carbocycles. The van der Waals surface area contributed by atoms with Gasteiger partial charge in [-0.15, -0.1) is 0 Å². The Morgan fingerprint density at radius 1 is 0.917 bits per heavy atom. The molecular weight excluding hydrogens is 318 g/mol. The smallest absolute Gasteiger partial charge is 0.177 e. The number of aromatic nitrogens is 3. The highest BCUT2D eigenvalue weighted by Crippen LogP contribution is 2.30. The van der Waals surface area contributed by atoms with Crippen molar-refractivity contribution in [3.05, 3.63) is 90.5 Å². The van der Waals surface area contributed by atoms with Gasteiger partial charge in [-0.05, 0) is 30.3 Å². The van der Waals surface area contributed by atoms with Crippen molar-refractivity contribution in [2.75, 3.05) is 0 Å². The monoisotopic (exact) mass is 333 g/mol. The summed E-state index contributed by atoms with van der Waals surface area (Å²) < 4.78 is 2.00. The Hall–Kier alpha value is -2.63. The molecule has 4 aromatic rings. The van der Waals surface area contributed by atoms with E-state index in [0.717, 1.165) is 26.8 Å². The second-order valence-corrected chi connectivity index (χ2v) is 6.40. The number of pyridine rings is 2. The number of hydrogen-bond donors (Lipinski definition) is 1. The third-order valence-corrected chi connectivity index (χ3v) is 4.76. The minimum absolute atomic E-state index is 0.758. The summed E-state index contributed by atoms with van der Waals surface area (Å²) in [6.45, 7) is 0. The van der Waals surface area contributed by atoms with Crippen molar-refractivity contribution in [1.29, 1.82) is 0 Å². The second-order valence-electron chi connectivity index (χ2n) is 5.36. The van der Waals surface area contributed by atoms with Gasteiger partial charge in [-0.3, -0.25) is 9.38 Å². The molecule has 0 aliphatic carbocycles. The summed E-state index contributed by atoms with van der Waals surface area (Å²) in [6.07, 6.45) is 4.45. The van der Waals surface area contributed by atoms with Crippen LogP contribution in [-0.2, 0) is 0 Å². The average Bonchev–Trinajstić information content (AvgIpc) is 3.06. The van der Waals surface area contributed by atoms with Crippen LogP contribution in [0.25, 0.3) is 5.52 Å². The number of aliphatic hydroxyl groups is 1. The van der Waals surface area contributed by atoms with Crippen molar-refractivity contribution in [2.24, 2.45) is 0 Å². The summed E-state index contributed by atoms with van der Waals surface area (Å²) in [5.74, 6) is 0. The first-order valence-corrected chi connectivity index (χ1v) is 8.42. The van der Waals surface area contributed by atoms with Gasteiger partial charge in [0.15, 0.2) is 5.16 Å². The predicted molar refractivity (Wildman–Crippen MR) is 94.1 cm³/mol. The van der Waals surface area contributed by atoms with Gasteiger partial charge in [0.05, 0.1) is 17.4 Å². The molecule has 5 heteroatoms. The van der Waals surface area contributed by atoms with Crippen molar-refractivity contribution < 1.29 is 5.11 Å². The lowest BCUT2D eigenvalue weighted by Gasteiger charge is -2.14. The van der Waals surface area contributed by atoms with E-state index >= 15 is 0 Å². The lowest BCUT2D eigenvalue weighted by molar-refractivity contribution is 0.212. The number of nitrogens with zero attached hydrogens (tertiary/aromatic N) is 3. The van der Waals surface area contributed by atoms with E-state index in [2.05, 4.69) is 9.97 Å². The van der Waals surface area contributed by atoms with Crippen LogP contribution in [0.4, 0.5) is 0 Å². The molecule has 0 amide bonds. The summed E-state index contributed by atoms with van der Waals surface area (Å²) in [4.78, 5) is 9.73. The van der Waals surface area contributed by atoms with E-state index < -0.39 is 6.10 Å². The number of fused-ring (bicyclic) bond motifs is 1. The summed E-state index contributed by atoms with van der Waals surface area (Å²) in [5, 5.41) is 11.6. The average molecular weight is 333 g/mol. The Bertz CT molecular complexity index is 954. The molecule has 0 spiro atoms. The number of hydrogen-bond acceptors (Lipinski definition) is 4. The van der Waals surface area contributed by atoms with Crippen LogP contribution in [-0.4, -0.2) is 19.5 Å². The van der Waals surface area contributed by atoms with Crippen molar-refractivity contribution in [1.82, 2.24) is 14.4 Å². The van der Waals surface area contributed by atoms with Crippen LogP contribution in [0.15, 0.2) is 89.3 Å². The number of aliphatic hydroxyl groups excluding tert-OH is 1. The fourth-order valence-electron chi connectivity index (χ4n) is 2.63. The fraction of sp³-hybridized carbons (Fsp3) is 0.0526. The van der Waals surface area contributed by atoms with Crippen molar-refractivity contribution in [3.8, 4) is 0 Å². The molecule has 0 fully saturated rings. The van der Waals surface area contributed by atoms with Crippen molar-refractivity contribution in [3.63, 3.8) is 0 Å². The molecule has 0 aliphatic rings. The Balaban J connectivity index is 1.80. The molecule has 118 valence electrons. The Labute approximate surface area is 143 Å². The van der Waals surface area contributed by atoms with Gasteiger partial charge in [-0.1, -0.05) is 42.1 Å². The zero-order valence-corrected chi connectivity index (χ0v) is 13.6. The molecule has 4 rings (SSSR count). The Morgan fingerprint density at radius 3 is 2.58 bits per heavy atom. The topological polar surface area (TPSA) is 50.4 Å². The van der Waals surface area contributed by atoms with Crippen LogP contribution in [0, 0.1) is 0 Å². The maximum absolute atomic E-state index is 10.8. The zero-order chi connectivity index (χ0) is 16.4. The number of benzene rings is 1. The third kappa shape index (κ3) is 2.79. The number of imidazole rings is 1. The van der Waals surface area contributed by atoms with E-state index in [1.54, 1.807) is 24.2 Å². The molecule has 1 atom stereocenters. The highest BCUT2D eigenvalue weighted by molar-refractivity contribution is 7.99. The molecule has 0 saturated carbocycles. The minimum Gasteiger partial charge on any atom is -0.382 e. The SMILES string of the molecule is OC(c1cccnc1)c1cccc2cnc(Sc3ccccc3)n12. The summed E-state index contributed by atoms with van der Waals surface area (Å²) in [5.41, 5.74) is 2.49. The molecular formula is C19H15N3OS. The van der Waals surface area contributed by atoms with Gasteiger partial charge >= 0.3 is 0 Å². The first-order chi connectivity index (χ1) is 11.8. The van der Waals surface area contributed by atoms with Gasteiger partial charge in [0.2, 0.25) is 0 Å². The summed E-state index contributed by atoms with van der Waals surface area (Å²) in [7, 11) is 0. The molecule has 0 saturated heterocycles. The van der Waals surface area contributed by atoms with E-state index in [-0.39, 0.29) is 0 Å². The van der Waals surface area contributed by atoms with Crippen LogP contribution in [0.3, 0.4) is 0 Å². The minimum atomic E-state index is -0.758. The first kappa shape index (κ1) is 14.9. The predicted octanol–water partition coefficient (Wildman–Crippen LogP) is 3.96. The molecule has 4 nitrogen and oxygen atoms in total. The van der Waals surface area contributed by atoms with E-state index in [1.165, 1.54) is 0 Å². The molecule has 0 bridgehead atoms. The van der Waals surface area contributed by atoms with Gasteiger partial charge in [0, 0.05) is 22.9 Å².